The maximum absolute atomic E-state index is 9.90. The maximum Gasteiger partial charge on any atom is 0.0718 e. The lowest BCUT2D eigenvalue weighted by atomic mass is 10.1. The fourth-order valence-corrected chi connectivity index (χ4v) is 3.52. The Morgan fingerprint density at radius 1 is 1.29 bits per heavy atom. The number of aliphatic hydroxyl groups is 1. The molecule has 0 saturated carbocycles. The number of hydrogen-bond donors (Lipinski definition) is 2. The van der Waals surface area contributed by atoms with Crippen LogP contribution in [-0.2, 0) is 0 Å². The highest BCUT2D eigenvalue weighted by Crippen LogP contribution is 2.28. The molecule has 4 nitrogen and oxygen atoms in total. The van der Waals surface area contributed by atoms with E-state index < -0.39 is 5.60 Å². The first kappa shape index (κ1) is 16.7. The van der Waals surface area contributed by atoms with E-state index in [2.05, 4.69) is 43.9 Å². The van der Waals surface area contributed by atoms with Crippen LogP contribution in [0.4, 0.5) is 5.69 Å². The summed E-state index contributed by atoms with van der Waals surface area (Å²) in [6, 6.07) is 6.45. The second-order valence-electron chi connectivity index (χ2n) is 6.57. The molecule has 1 aliphatic rings. The molecule has 2 rings (SSSR count). The standard InChI is InChI=1S/C16H26BrN3O/c1-12(18)14-5-4-13(10-15(14)17)20-8-6-19(7-9-20)11-16(2,3)21/h4-5,10,12,21H,6-9,11,18H2,1-3H3/t12-/m0/s1. The van der Waals surface area contributed by atoms with Gasteiger partial charge in [0.2, 0.25) is 0 Å². The average Bonchev–Trinajstić information content (AvgIpc) is 2.37. The molecule has 0 radical (unpaired) electrons. The van der Waals surface area contributed by atoms with Crippen LogP contribution in [0.2, 0.25) is 0 Å². The summed E-state index contributed by atoms with van der Waals surface area (Å²) in [5.74, 6) is 0. The molecule has 1 saturated heterocycles. The van der Waals surface area contributed by atoms with Gasteiger partial charge in [0.1, 0.15) is 0 Å². The maximum atomic E-state index is 9.90. The van der Waals surface area contributed by atoms with Crippen LogP contribution < -0.4 is 10.6 Å². The van der Waals surface area contributed by atoms with Gasteiger partial charge in [-0.1, -0.05) is 22.0 Å². The zero-order valence-corrected chi connectivity index (χ0v) is 14.7. The van der Waals surface area contributed by atoms with Crippen molar-refractivity contribution < 1.29 is 5.11 Å². The van der Waals surface area contributed by atoms with Gasteiger partial charge >= 0.3 is 0 Å². The van der Waals surface area contributed by atoms with Gasteiger partial charge in [0.25, 0.3) is 0 Å². The van der Waals surface area contributed by atoms with Gasteiger partial charge in [0, 0.05) is 48.9 Å². The Morgan fingerprint density at radius 3 is 2.38 bits per heavy atom. The molecule has 118 valence electrons. The number of nitrogens with zero attached hydrogens (tertiary/aromatic N) is 2. The van der Waals surface area contributed by atoms with Crippen LogP contribution in [-0.4, -0.2) is 48.3 Å². The third-order valence-corrected chi connectivity index (χ3v) is 4.51. The van der Waals surface area contributed by atoms with E-state index in [-0.39, 0.29) is 6.04 Å². The number of hydrogen-bond acceptors (Lipinski definition) is 4. The molecule has 1 aliphatic heterocycles. The summed E-state index contributed by atoms with van der Waals surface area (Å²) in [6.07, 6.45) is 0. The predicted octanol–water partition coefficient (Wildman–Crippen LogP) is 2.36. The van der Waals surface area contributed by atoms with E-state index in [1.54, 1.807) is 0 Å². The minimum Gasteiger partial charge on any atom is -0.389 e. The summed E-state index contributed by atoms with van der Waals surface area (Å²) in [6.45, 7) is 10.4. The van der Waals surface area contributed by atoms with Crippen LogP contribution in [0, 0.1) is 0 Å². The average molecular weight is 356 g/mol. The largest absolute Gasteiger partial charge is 0.389 e. The van der Waals surface area contributed by atoms with Gasteiger partial charge in [-0.3, -0.25) is 4.90 Å². The van der Waals surface area contributed by atoms with Crippen molar-refractivity contribution in [2.24, 2.45) is 5.73 Å². The highest BCUT2D eigenvalue weighted by atomic mass is 79.9. The number of nitrogens with two attached hydrogens (primary N) is 1. The first-order valence-electron chi connectivity index (χ1n) is 7.51. The molecule has 1 aromatic carbocycles. The van der Waals surface area contributed by atoms with Gasteiger partial charge in [-0.05, 0) is 38.5 Å². The van der Waals surface area contributed by atoms with Crippen molar-refractivity contribution in [2.75, 3.05) is 37.6 Å². The highest BCUT2D eigenvalue weighted by Gasteiger charge is 2.23. The van der Waals surface area contributed by atoms with Gasteiger partial charge in [-0.25, -0.2) is 0 Å². The molecule has 3 N–H and O–H groups in total. The van der Waals surface area contributed by atoms with E-state index in [0.717, 1.165) is 42.8 Å². The lowest BCUT2D eigenvalue weighted by Crippen LogP contribution is -2.50. The molecule has 0 aliphatic carbocycles. The molecule has 0 aromatic heterocycles. The Kier molecular flexibility index (Phi) is 5.30. The van der Waals surface area contributed by atoms with E-state index in [1.807, 2.05) is 20.8 Å². The number of halogens is 1. The first-order valence-corrected chi connectivity index (χ1v) is 8.30. The summed E-state index contributed by atoms with van der Waals surface area (Å²) in [5, 5.41) is 9.90. The van der Waals surface area contributed by atoms with Crippen molar-refractivity contribution in [3.05, 3.63) is 28.2 Å². The summed E-state index contributed by atoms with van der Waals surface area (Å²) in [5.41, 5.74) is 7.69. The van der Waals surface area contributed by atoms with Crippen molar-refractivity contribution in [1.82, 2.24) is 4.90 Å². The van der Waals surface area contributed by atoms with Crippen molar-refractivity contribution in [3.63, 3.8) is 0 Å². The van der Waals surface area contributed by atoms with E-state index in [4.69, 9.17) is 5.73 Å². The molecule has 1 heterocycles. The Balaban J connectivity index is 1.98. The lowest BCUT2D eigenvalue weighted by molar-refractivity contribution is 0.0345. The zero-order chi connectivity index (χ0) is 15.6. The molecule has 1 atom stereocenters. The Bertz CT molecular complexity index is 477. The molecule has 0 spiro atoms. The molecule has 1 fully saturated rings. The predicted molar refractivity (Wildman–Crippen MR) is 91.7 cm³/mol. The van der Waals surface area contributed by atoms with Gasteiger partial charge in [0.05, 0.1) is 5.60 Å². The third kappa shape index (κ3) is 4.68. The van der Waals surface area contributed by atoms with Crippen molar-refractivity contribution in [2.45, 2.75) is 32.4 Å². The van der Waals surface area contributed by atoms with Crippen LogP contribution in [0.1, 0.15) is 32.4 Å². The molecule has 0 bridgehead atoms. The quantitative estimate of drug-likeness (QED) is 0.870. The molecule has 0 unspecified atom stereocenters. The monoisotopic (exact) mass is 355 g/mol. The van der Waals surface area contributed by atoms with Crippen LogP contribution in [0.5, 0.6) is 0 Å². The second kappa shape index (κ2) is 6.65. The Labute approximate surface area is 136 Å². The summed E-state index contributed by atoms with van der Waals surface area (Å²) < 4.78 is 1.08. The molecule has 21 heavy (non-hydrogen) atoms. The van der Waals surface area contributed by atoms with Gasteiger partial charge in [-0.15, -0.1) is 0 Å². The fourth-order valence-electron chi connectivity index (χ4n) is 2.79. The van der Waals surface area contributed by atoms with Crippen molar-refractivity contribution in [1.29, 1.82) is 0 Å². The summed E-state index contributed by atoms with van der Waals surface area (Å²) in [4.78, 5) is 4.71. The zero-order valence-electron chi connectivity index (χ0n) is 13.1. The smallest absolute Gasteiger partial charge is 0.0718 e. The van der Waals surface area contributed by atoms with Gasteiger partial charge < -0.3 is 15.7 Å². The minimum absolute atomic E-state index is 0.0389. The SMILES string of the molecule is C[C@H](N)c1ccc(N2CCN(CC(C)(C)O)CC2)cc1Br. The first-order chi connectivity index (χ1) is 9.76. The molecule has 0 amide bonds. The molecule has 5 heteroatoms. The van der Waals surface area contributed by atoms with E-state index in [9.17, 15) is 5.11 Å². The molecular formula is C16H26BrN3O. The van der Waals surface area contributed by atoms with Crippen LogP contribution in [0.25, 0.3) is 0 Å². The van der Waals surface area contributed by atoms with Crippen LogP contribution in [0.3, 0.4) is 0 Å². The normalized spacial score (nSPS) is 18.9. The van der Waals surface area contributed by atoms with E-state index in [1.165, 1.54) is 5.69 Å². The van der Waals surface area contributed by atoms with Gasteiger partial charge in [-0.2, -0.15) is 0 Å². The number of anilines is 1. The van der Waals surface area contributed by atoms with Crippen LogP contribution >= 0.6 is 15.9 Å². The van der Waals surface area contributed by atoms with Crippen molar-refractivity contribution >= 4 is 21.6 Å². The summed E-state index contributed by atoms with van der Waals surface area (Å²) >= 11 is 3.62. The van der Waals surface area contributed by atoms with Crippen LogP contribution in [0.15, 0.2) is 22.7 Å². The third-order valence-electron chi connectivity index (χ3n) is 3.82. The lowest BCUT2D eigenvalue weighted by Gasteiger charge is -2.38. The number of benzene rings is 1. The Morgan fingerprint density at radius 2 is 1.90 bits per heavy atom. The molecule has 1 aromatic rings. The van der Waals surface area contributed by atoms with E-state index >= 15 is 0 Å². The highest BCUT2D eigenvalue weighted by molar-refractivity contribution is 9.10. The Hall–Kier alpha value is -0.620. The topological polar surface area (TPSA) is 52.7 Å². The van der Waals surface area contributed by atoms with Crippen molar-refractivity contribution in [3.8, 4) is 0 Å². The minimum atomic E-state index is -0.621. The second-order valence-corrected chi connectivity index (χ2v) is 7.42. The molecular weight excluding hydrogens is 330 g/mol. The number of rotatable bonds is 4. The summed E-state index contributed by atoms with van der Waals surface area (Å²) in [7, 11) is 0. The number of piperazine rings is 1. The fraction of sp³-hybridized carbons (Fsp3) is 0.625. The van der Waals surface area contributed by atoms with E-state index in [0.29, 0.717) is 0 Å². The number of β-amino-alcohol motifs (C(OH)–C–C–N with tert-alkyl or cyclic N) is 1. The van der Waals surface area contributed by atoms with Gasteiger partial charge in [0.15, 0.2) is 0 Å².